The molecule has 0 aromatic carbocycles. The number of hydrogen-bond acceptors (Lipinski definition) is 1. The summed E-state index contributed by atoms with van der Waals surface area (Å²) >= 11 is 0. The first kappa shape index (κ1) is 8.78. The standard InChI is InChI=1S/C10H13NO/c1-3-5-9(4-2)11-10(12)8-6-7-8/h3-5,8H,1-2,6-7H2,(H,11,12). The minimum absolute atomic E-state index is 0.100. The average molecular weight is 163 g/mol. The Hall–Kier alpha value is -1.31. The van der Waals surface area contributed by atoms with E-state index in [4.69, 9.17) is 0 Å². The van der Waals surface area contributed by atoms with E-state index in [1.54, 1.807) is 18.2 Å². The van der Waals surface area contributed by atoms with E-state index in [1.807, 2.05) is 0 Å². The second-order valence-electron chi connectivity index (χ2n) is 2.83. The van der Waals surface area contributed by atoms with Crippen molar-refractivity contribution in [3.05, 3.63) is 37.1 Å². The van der Waals surface area contributed by atoms with Gasteiger partial charge in [0.1, 0.15) is 0 Å². The van der Waals surface area contributed by atoms with E-state index in [0.717, 1.165) is 18.5 Å². The zero-order valence-electron chi connectivity index (χ0n) is 7.05. The van der Waals surface area contributed by atoms with E-state index < -0.39 is 0 Å². The molecule has 0 bridgehead atoms. The van der Waals surface area contributed by atoms with Crippen LogP contribution in [0, 0.1) is 5.92 Å². The van der Waals surface area contributed by atoms with Gasteiger partial charge in [-0.2, -0.15) is 0 Å². The van der Waals surface area contributed by atoms with E-state index in [9.17, 15) is 4.79 Å². The molecule has 1 rings (SSSR count). The van der Waals surface area contributed by atoms with Gasteiger partial charge in [-0.25, -0.2) is 0 Å². The van der Waals surface area contributed by atoms with Gasteiger partial charge in [-0.05, 0) is 25.0 Å². The summed E-state index contributed by atoms with van der Waals surface area (Å²) in [5, 5.41) is 2.76. The maximum absolute atomic E-state index is 11.2. The summed E-state index contributed by atoms with van der Waals surface area (Å²) < 4.78 is 0. The molecule has 12 heavy (non-hydrogen) atoms. The third-order valence-electron chi connectivity index (χ3n) is 1.73. The number of carbonyl (C=O) groups is 1. The molecule has 1 amide bonds. The van der Waals surface area contributed by atoms with E-state index in [0.29, 0.717) is 0 Å². The topological polar surface area (TPSA) is 29.1 Å². The van der Waals surface area contributed by atoms with Gasteiger partial charge in [-0.15, -0.1) is 0 Å². The maximum atomic E-state index is 11.2. The third kappa shape index (κ3) is 2.38. The summed E-state index contributed by atoms with van der Waals surface area (Å²) in [5.41, 5.74) is 0.724. The van der Waals surface area contributed by atoms with Gasteiger partial charge in [0.05, 0.1) is 0 Å². The van der Waals surface area contributed by atoms with Gasteiger partial charge in [0, 0.05) is 11.6 Å². The number of nitrogens with one attached hydrogen (secondary N) is 1. The van der Waals surface area contributed by atoms with Crippen LogP contribution in [0.2, 0.25) is 0 Å². The molecular formula is C10H13NO. The fourth-order valence-electron chi connectivity index (χ4n) is 0.878. The molecule has 0 saturated heterocycles. The van der Waals surface area contributed by atoms with Crippen LogP contribution in [-0.4, -0.2) is 5.91 Å². The van der Waals surface area contributed by atoms with E-state index in [1.165, 1.54) is 0 Å². The second kappa shape index (κ2) is 3.90. The SMILES string of the molecule is C=CC=C(C=C)NC(=O)C1CC1. The summed E-state index contributed by atoms with van der Waals surface area (Å²) in [7, 11) is 0. The fourth-order valence-corrected chi connectivity index (χ4v) is 0.878. The predicted molar refractivity (Wildman–Crippen MR) is 49.3 cm³/mol. The first-order valence-corrected chi connectivity index (χ1v) is 4.04. The quantitative estimate of drug-likeness (QED) is 0.629. The predicted octanol–water partition coefficient (Wildman–Crippen LogP) is 1.77. The van der Waals surface area contributed by atoms with Crippen molar-refractivity contribution in [2.24, 2.45) is 5.92 Å². The molecule has 2 nitrogen and oxygen atoms in total. The third-order valence-corrected chi connectivity index (χ3v) is 1.73. The Balaban J connectivity index is 2.45. The lowest BCUT2D eigenvalue weighted by Crippen LogP contribution is -2.22. The van der Waals surface area contributed by atoms with Crippen molar-refractivity contribution in [1.82, 2.24) is 5.32 Å². The van der Waals surface area contributed by atoms with E-state index in [2.05, 4.69) is 18.5 Å². The zero-order valence-corrected chi connectivity index (χ0v) is 7.05. The molecular weight excluding hydrogens is 150 g/mol. The first-order valence-electron chi connectivity index (χ1n) is 4.04. The summed E-state index contributed by atoms with van der Waals surface area (Å²) in [5.74, 6) is 0.334. The Morgan fingerprint density at radius 1 is 1.42 bits per heavy atom. The number of hydrogen-bond donors (Lipinski definition) is 1. The molecule has 0 aromatic rings. The molecule has 64 valence electrons. The van der Waals surface area contributed by atoms with Crippen molar-refractivity contribution in [1.29, 1.82) is 0 Å². The lowest BCUT2D eigenvalue weighted by Gasteiger charge is -2.02. The molecule has 0 heterocycles. The number of carbonyl (C=O) groups excluding carboxylic acids is 1. The second-order valence-corrected chi connectivity index (χ2v) is 2.83. The Labute approximate surface area is 72.7 Å². The molecule has 0 unspecified atom stereocenters. The smallest absolute Gasteiger partial charge is 0.227 e. The maximum Gasteiger partial charge on any atom is 0.227 e. The Bertz CT molecular complexity index is 236. The number of amides is 1. The van der Waals surface area contributed by atoms with Crippen molar-refractivity contribution < 1.29 is 4.79 Å². The van der Waals surface area contributed by atoms with Gasteiger partial charge in [0.25, 0.3) is 0 Å². The number of rotatable bonds is 4. The molecule has 0 aromatic heterocycles. The molecule has 1 fully saturated rings. The summed E-state index contributed by atoms with van der Waals surface area (Å²) in [6.07, 6.45) is 7.01. The molecule has 1 aliphatic carbocycles. The van der Waals surface area contributed by atoms with Crippen LogP contribution in [0.1, 0.15) is 12.8 Å². The number of allylic oxidation sites excluding steroid dienone is 3. The summed E-state index contributed by atoms with van der Waals surface area (Å²) in [4.78, 5) is 11.2. The minimum Gasteiger partial charge on any atom is -0.326 e. The van der Waals surface area contributed by atoms with Crippen LogP contribution in [0.25, 0.3) is 0 Å². The van der Waals surface area contributed by atoms with Gasteiger partial charge in [-0.3, -0.25) is 4.79 Å². The molecule has 1 N–H and O–H groups in total. The van der Waals surface area contributed by atoms with Crippen molar-refractivity contribution in [3.63, 3.8) is 0 Å². The molecule has 1 saturated carbocycles. The molecule has 0 radical (unpaired) electrons. The van der Waals surface area contributed by atoms with Crippen molar-refractivity contribution in [2.75, 3.05) is 0 Å². The van der Waals surface area contributed by atoms with Crippen LogP contribution >= 0.6 is 0 Å². The zero-order chi connectivity index (χ0) is 8.97. The van der Waals surface area contributed by atoms with Crippen LogP contribution in [-0.2, 0) is 4.79 Å². The van der Waals surface area contributed by atoms with Crippen LogP contribution in [0.3, 0.4) is 0 Å². The highest BCUT2D eigenvalue weighted by atomic mass is 16.2. The highest BCUT2D eigenvalue weighted by Gasteiger charge is 2.29. The lowest BCUT2D eigenvalue weighted by atomic mass is 10.3. The minimum atomic E-state index is 0.100. The molecule has 0 spiro atoms. The van der Waals surface area contributed by atoms with Crippen molar-refractivity contribution >= 4 is 5.91 Å². The Morgan fingerprint density at radius 3 is 2.50 bits per heavy atom. The first-order chi connectivity index (χ1) is 5.77. The van der Waals surface area contributed by atoms with E-state index >= 15 is 0 Å². The van der Waals surface area contributed by atoms with Crippen LogP contribution in [0.4, 0.5) is 0 Å². The van der Waals surface area contributed by atoms with Gasteiger partial charge in [0.2, 0.25) is 5.91 Å². The van der Waals surface area contributed by atoms with Crippen LogP contribution in [0.5, 0.6) is 0 Å². The van der Waals surface area contributed by atoms with Crippen molar-refractivity contribution in [2.45, 2.75) is 12.8 Å². The largest absolute Gasteiger partial charge is 0.326 e. The highest BCUT2D eigenvalue weighted by Crippen LogP contribution is 2.28. The monoisotopic (exact) mass is 163 g/mol. The molecule has 2 heteroatoms. The molecule has 0 aliphatic heterocycles. The average Bonchev–Trinajstić information content (AvgIpc) is 2.85. The summed E-state index contributed by atoms with van der Waals surface area (Å²) in [6, 6.07) is 0. The van der Waals surface area contributed by atoms with Crippen molar-refractivity contribution in [3.8, 4) is 0 Å². The Kier molecular flexibility index (Phi) is 2.86. The lowest BCUT2D eigenvalue weighted by molar-refractivity contribution is -0.121. The fraction of sp³-hybridized carbons (Fsp3) is 0.300. The highest BCUT2D eigenvalue weighted by molar-refractivity contribution is 5.82. The van der Waals surface area contributed by atoms with Gasteiger partial charge in [-0.1, -0.05) is 19.2 Å². The van der Waals surface area contributed by atoms with Crippen LogP contribution < -0.4 is 5.32 Å². The normalized spacial score (nSPS) is 16.8. The van der Waals surface area contributed by atoms with Gasteiger partial charge < -0.3 is 5.32 Å². The summed E-state index contributed by atoms with van der Waals surface area (Å²) in [6.45, 7) is 7.12. The Morgan fingerprint density at radius 2 is 2.08 bits per heavy atom. The molecule has 1 aliphatic rings. The van der Waals surface area contributed by atoms with E-state index in [-0.39, 0.29) is 11.8 Å². The van der Waals surface area contributed by atoms with Gasteiger partial charge in [0.15, 0.2) is 0 Å². The molecule has 0 atom stereocenters. The van der Waals surface area contributed by atoms with Crippen LogP contribution in [0.15, 0.2) is 37.1 Å². The van der Waals surface area contributed by atoms with Gasteiger partial charge >= 0.3 is 0 Å².